The summed E-state index contributed by atoms with van der Waals surface area (Å²) in [5.74, 6) is 1.91. The molecule has 6 nitrogen and oxygen atoms in total. The number of fused-ring (bicyclic) bond motifs is 1. The Kier molecular flexibility index (Phi) is 4.98. The van der Waals surface area contributed by atoms with Gasteiger partial charge in [0.25, 0.3) is 0 Å². The van der Waals surface area contributed by atoms with Gasteiger partial charge in [0, 0.05) is 30.2 Å². The molecule has 2 aromatic heterocycles. The molecule has 2 N–H and O–H groups in total. The van der Waals surface area contributed by atoms with Crippen LogP contribution in [-0.4, -0.2) is 35.0 Å². The van der Waals surface area contributed by atoms with Crippen LogP contribution in [0.15, 0.2) is 0 Å². The normalized spacial score (nSPS) is 12.4. The number of anilines is 1. The first kappa shape index (κ1) is 17.7. The van der Waals surface area contributed by atoms with E-state index in [4.69, 9.17) is 10.7 Å². The molecule has 0 bridgehead atoms. The van der Waals surface area contributed by atoms with Crippen LogP contribution >= 0.6 is 0 Å². The van der Waals surface area contributed by atoms with Crippen molar-refractivity contribution in [1.82, 2.24) is 14.5 Å². The van der Waals surface area contributed by atoms with E-state index in [2.05, 4.69) is 23.4 Å². The van der Waals surface area contributed by atoms with E-state index in [-0.39, 0.29) is 11.7 Å². The van der Waals surface area contributed by atoms with E-state index < -0.39 is 9.84 Å². The number of sulfone groups is 1. The predicted molar refractivity (Wildman–Crippen MR) is 94.4 cm³/mol. The van der Waals surface area contributed by atoms with Crippen LogP contribution in [0.1, 0.15) is 49.7 Å². The maximum absolute atomic E-state index is 11.3. The fourth-order valence-corrected chi connectivity index (χ4v) is 3.55. The van der Waals surface area contributed by atoms with Crippen molar-refractivity contribution in [3.8, 4) is 0 Å². The molecule has 2 aromatic rings. The van der Waals surface area contributed by atoms with Gasteiger partial charge in [0.15, 0.2) is 5.82 Å². The lowest BCUT2D eigenvalue weighted by molar-refractivity contribution is 0.577. The summed E-state index contributed by atoms with van der Waals surface area (Å²) in [5.41, 5.74) is 9.82. The molecule has 0 aliphatic rings. The molecule has 2 rings (SSSR count). The fourth-order valence-electron chi connectivity index (χ4n) is 2.82. The van der Waals surface area contributed by atoms with Crippen molar-refractivity contribution in [2.45, 2.75) is 53.0 Å². The number of hydrogen-bond acceptors (Lipinski definition) is 5. The van der Waals surface area contributed by atoms with Crippen molar-refractivity contribution in [2.24, 2.45) is 0 Å². The molecule has 0 atom stereocenters. The predicted octanol–water partition coefficient (Wildman–Crippen LogP) is 2.58. The standard InChI is InChI=1S/C16H26N4O2S/c1-10(2)16-19-13-14(11(3)12(4)18-15(13)17)20(16)8-6-7-9-23(5,21)22/h10H,6-9H2,1-5H3,(H2,17,18). The van der Waals surface area contributed by atoms with Gasteiger partial charge < -0.3 is 10.3 Å². The average Bonchev–Trinajstić information content (AvgIpc) is 2.80. The molecular formula is C16H26N4O2S. The summed E-state index contributed by atoms with van der Waals surface area (Å²) in [6.45, 7) is 8.91. The molecule has 0 saturated heterocycles. The molecule has 0 aliphatic heterocycles. The Balaban J connectivity index is 2.42. The minimum atomic E-state index is -2.91. The molecule has 0 spiro atoms. The Bertz CT molecular complexity index is 822. The number of nitrogens with zero attached hydrogens (tertiary/aromatic N) is 3. The van der Waals surface area contributed by atoms with Gasteiger partial charge in [0.1, 0.15) is 21.2 Å². The minimum absolute atomic E-state index is 0.221. The summed E-state index contributed by atoms with van der Waals surface area (Å²) in [6.07, 6.45) is 2.71. The molecule has 0 aromatic carbocycles. The topological polar surface area (TPSA) is 90.9 Å². The first-order valence-corrected chi connectivity index (χ1v) is 9.98. The molecular weight excluding hydrogens is 312 g/mol. The summed E-state index contributed by atoms with van der Waals surface area (Å²) < 4.78 is 24.7. The summed E-state index contributed by atoms with van der Waals surface area (Å²) in [7, 11) is -2.91. The van der Waals surface area contributed by atoms with Crippen LogP contribution < -0.4 is 5.73 Å². The highest BCUT2D eigenvalue weighted by atomic mass is 32.2. The number of nitrogens with two attached hydrogens (primary N) is 1. The lowest BCUT2D eigenvalue weighted by atomic mass is 10.1. The fraction of sp³-hybridized carbons (Fsp3) is 0.625. The van der Waals surface area contributed by atoms with E-state index in [1.165, 1.54) is 6.26 Å². The van der Waals surface area contributed by atoms with Crippen LogP contribution in [0.3, 0.4) is 0 Å². The maximum Gasteiger partial charge on any atom is 0.151 e. The van der Waals surface area contributed by atoms with Crippen molar-refractivity contribution in [2.75, 3.05) is 17.7 Å². The van der Waals surface area contributed by atoms with E-state index in [9.17, 15) is 8.42 Å². The number of aromatic nitrogens is 3. The molecule has 0 fully saturated rings. The van der Waals surface area contributed by atoms with Gasteiger partial charge in [-0.25, -0.2) is 18.4 Å². The van der Waals surface area contributed by atoms with Crippen molar-refractivity contribution in [1.29, 1.82) is 0 Å². The maximum atomic E-state index is 11.3. The Morgan fingerprint density at radius 3 is 2.39 bits per heavy atom. The quantitative estimate of drug-likeness (QED) is 0.817. The third-order valence-corrected chi connectivity index (χ3v) is 5.12. The summed E-state index contributed by atoms with van der Waals surface area (Å²) in [4.78, 5) is 9.06. The van der Waals surface area contributed by atoms with Gasteiger partial charge in [-0.05, 0) is 32.3 Å². The molecule has 0 unspecified atom stereocenters. The van der Waals surface area contributed by atoms with E-state index >= 15 is 0 Å². The third-order valence-electron chi connectivity index (χ3n) is 4.09. The molecule has 0 aliphatic carbocycles. The summed E-state index contributed by atoms with van der Waals surface area (Å²) >= 11 is 0. The second-order valence-electron chi connectivity index (χ2n) is 6.52. The van der Waals surface area contributed by atoms with Gasteiger partial charge in [-0.2, -0.15) is 0 Å². The highest BCUT2D eigenvalue weighted by molar-refractivity contribution is 7.90. The Labute approximate surface area is 138 Å². The van der Waals surface area contributed by atoms with Gasteiger partial charge in [-0.15, -0.1) is 0 Å². The molecule has 128 valence electrons. The molecule has 0 amide bonds. The van der Waals surface area contributed by atoms with Gasteiger partial charge in [0.2, 0.25) is 0 Å². The van der Waals surface area contributed by atoms with E-state index in [1.54, 1.807) is 0 Å². The van der Waals surface area contributed by atoms with Crippen LogP contribution in [0, 0.1) is 13.8 Å². The van der Waals surface area contributed by atoms with Crippen molar-refractivity contribution < 1.29 is 8.42 Å². The number of hydrogen-bond donors (Lipinski definition) is 1. The molecule has 23 heavy (non-hydrogen) atoms. The zero-order valence-electron chi connectivity index (χ0n) is 14.5. The molecule has 0 saturated carbocycles. The molecule has 7 heteroatoms. The van der Waals surface area contributed by atoms with Gasteiger partial charge >= 0.3 is 0 Å². The number of aryl methyl sites for hydroxylation is 3. The van der Waals surface area contributed by atoms with Gasteiger partial charge in [-0.1, -0.05) is 13.8 Å². The average molecular weight is 338 g/mol. The second-order valence-corrected chi connectivity index (χ2v) is 8.78. The van der Waals surface area contributed by atoms with E-state index in [0.717, 1.165) is 41.1 Å². The van der Waals surface area contributed by atoms with Crippen LogP contribution in [0.25, 0.3) is 11.0 Å². The molecule has 2 heterocycles. The van der Waals surface area contributed by atoms with Crippen molar-refractivity contribution in [3.63, 3.8) is 0 Å². The monoisotopic (exact) mass is 338 g/mol. The van der Waals surface area contributed by atoms with Gasteiger partial charge in [0.05, 0.1) is 5.52 Å². The number of pyridine rings is 1. The van der Waals surface area contributed by atoms with E-state index in [1.807, 2.05) is 13.8 Å². The minimum Gasteiger partial charge on any atom is -0.382 e. The Hall–Kier alpha value is -1.63. The van der Waals surface area contributed by atoms with Crippen molar-refractivity contribution in [3.05, 3.63) is 17.1 Å². The van der Waals surface area contributed by atoms with E-state index in [0.29, 0.717) is 12.2 Å². The second kappa shape index (κ2) is 6.47. The summed E-state index contributed by atoms with van der Waals surface area (Å²) in [6, 6.07) is 0. The Morgan fingerprint density at radius 1 is 1.17 bits per heavy atom. The highest BCUT2D eigenvalue weighted by Crippen LogP contribution is 2.29. The molecule has 0 radical (unpaired) electrons. The summed E-state index contributed by atoms with van der Waals surface area (Å²) in [5, 5.41) is 0. The van der Waals surface area contributed by atoms with Gasteiger partial charge in [-0.3, -0.25) is 0 Å². The number of rotatable bonds is 6. The lowest BCUT2D eigenvalue weighted by Gasteiger charge is -2.13. The zero-order chi connectivity index (χ0) is 17.4. The number of unbranched alkanes of at least 4 members (excludes halogenated alkanes) is 1. The Morgan fingerprint density at radius 2 is 1.83 bits per heavy atom. The largest absolute Gasteiger partial charge is 0.382 e. The SMILES string of the molecule is Cc1nc(N)c2nc(C(C)C)n(CCCCS(C)(=O)=O)c2c1C. The highest BCUT2D eigenvalue weighted by Gasteiger charge is 2.19. The van der Waals surface area contributed by atoms with Crippen LogP contribution in [0.2, 0.25) is 0 Å². The van der Waals surface area contributed by atoms with Crippen molar-refractivity contribution >= 4 is 26.7 Å². The zero-order valence-corrected chi connectivity index (χ0v) is 15.4. The first-order valence-electron chi connectivity index (χ1n) is 7.92. The number of nitrogen functional groups attached to an aromatic ring is 1. The van der Waals surface area contributed by atoms with Crippen LogP contribution in [-0.2, 0) is 16.4 Å². The smallest absolute Gasteiger partial charge is 0.151 e. The first-order chi connectivity index (χ1) is 10.6. The number of imidazole rings is 1. The van der Waals surface area contributed by atoms with Crippen LogP contribution in [0.5, 0.6) is 0 Å². The lowest BCUT2D eigenvalue weighted by Crippen LogP contribution is -2.09. The third kappa shape index (κ3) is 3.83. The van der Waals surface area contributed by atoms with Crippen LogP contribution in [0.4, 0.5) is 5.82 Å².